The number of imidazole rings is 1. The van der Waals surface area contributed by atoms with Crippen LogP contribution in [-0.2, 0) is 22.7 Å². The SMILES string of the molecule is Cc1cccc(COc2ccc(C(O)=C3C(=O)C(=O)N(CCCn4ccnc4)[C@@H]3c3ccc(N(C)C)cc3)cc2)c1. The van der Waals surface area contributed by atoms with Gasteiger partial charge in [0.1, 0.15) is 18.1 Å². The van der Waals surface area contributed by atoms with Crippen LogP contribution in [0.3, 0.4) is 0 Å². The van der Waals surface area contributed by atoms with E-state index in [0.717, 1.165) is 22.4 Å². The largest absolute Gasteiger partial charge is 0.507 e. The van der Waals surface area contributed by atoms with E-state index in [1.165, 1.54) is 0 Å². The van der Waals surface area contributed by atoms with Crippen LogP contribution in [0.4, 0.5) is 5.69 Å². The summed E-state index contributed by atoms with van der Waals surface area (Å²) in [6, 6.07) is 22.0. The highest BCUT2D eigenvalue weighted by molar-refractivity contribution is 6.46. The van der Waals surface area contributed by atoms with E-state index in [1.807, 2.05) is 79.1 Å². The molecular formula is C33H34N4O4. The Hall–Kier alpha value is -4.85. The Morgan fingerprint density at radius 2 is 1.76 bits per heavy atom. The number of aliphatic hydroxyl groups excluding tert-OH is 1. The highest BCUT2D eigenvalue weighted by Gasteiger charge is 2.45. The molecule has 4 aromatic rings. The van der Waals surface area contributed by atoms with Crippen LogP contribution < -0.4 is 9.64 Å². The van der Waals surface area contributed by atoms with Crippen molar-refractivity contribution in [1.29, 1.82) is 0 Å². The van der Waals surface area contributed by atoms with Gasteiger partial charge < -0.3 is 24.2 Å². The molecule has 0 unspecified atom stereocenters. The van der Waals surface area contributed by atoms with Crippen molar-refractivity contribution < 1.29 is 19.4 Å². The molecule has 0 aliphatic carbocycles. The molecule has 0 saturated carbocycles. The molecule has 0 spiro atoms. The Labute approximate surface area is 240 Å². The molecule has 8 nitrogen and oxygen atoms in total. The standard InChI is InChI=1S/C33H34N4O4/c1-23-6-4-7-24(20-23)21-41-28-14-10-26(11-15-28)31(38)29-30(25-8-12-27(13-9-25)35(2)3)37(33(40)32(29)39)18-5-17-36-19-16-34-22-36/h4,6-16,19-20,22,30,38H,5,17-18,21H2,1-3H3/t30-/m1/s1. The minimum absolute atomic E-state index is 0.0867. The second kappa shape index (κ2) is 12.1. The van der Waals surface area contributed by atoms with Gasteiger partial charge in [-0.2, -0.15) is 0 Å². The number of rotatable bonds is 10. The molecule has 210 valence electrons. The monoisotopic (exact) mass is 550 g/mol. The Kier molecular flexibility index (Phi) is 8.19. The van der Waals surface area contributed by atoms with Gasteiger partial charge in [-0.25, -0.2) is 4.98 Å². The average molecular weight is 551 g/mol. The molecular weight excluding hydrogens is 516 g/mol. The van der Waals surface area contributed by atoms with Crippen LogP contribution in [0.5, 0.6) is 5.75 Å². The first kappa shape index (κ1) is 27.7. The summed E-state index contributed by atoms with van der Waals surface area (Å²) in [6.07, 6.45) is 5.92. The lowest BCUT2D eigenvalue weighted by molar-refractivity contribution is -0.139. The molecule has 1 N–H and O–H groups in total. The summed E-state index contributed by atoms with van der Waals surface area (Å²) in [5.74, 6) is -0.866. The number of carbonyl (C=O) groups is 2. The molecule has 41 heavy (non-hydrogen) atoms. The van der Waals surface area contributed by atoms with E-state index < -0.39 is 17.7 Å². The van der Waals surface area contributed by atoms with Crippen LogP contribution in [0.15, 0.2) is 97.1 Å². The van der Waals surface area contributed by atoms with Crippen molar-refractivity contribution in [3.05, 3.63) is 119 Å². The van der Waals surface area contributed by atoms with Crippen molar-refractivity contribution in [2.75, 3.05) is 25.5 Å². The zero-order valence-corrected chi connectivity index (χ0v) is 23.5. The van der Waals surface area contributed by atoms with Crippen LogP contribution in [0.25, 0.3) is 5.76 Å². The second-order valence-electron chi connectivity index (χ2n) is 10.4. The van der Waals surface area contributed by atoms with Crippen molar-refractivity contribution >= 4 is 23.1 Å². The van der Waals surface area contributed by atoms with Crippen LogP contribution in [0, 0.1) is 6.92 Å². The molecule has 3 aromatic carbocycles. The third-order valence-corrected chi connectivity index (χ3v) is 7.26. The number of aryl methyl sites for hydroxylation is 2. The molecule has 2 heterocycles. The van der Waals surface area contributed by atoms with E-state index in [2.05, 4.69) is 11.1 Å². The number of nitrogens with zero attached hydrogens (tertiary/aromatic N) is 4. The third-order valence-electron chi connectivity index (χ3n) is 7.26. The summed E-state index contributed by atoms with van der Waals surface area (Å²) >= 11 is 0. The van der Waals surface area contributed by atoms with Gasteiger partial charge in [-0.3, -0.25) is 9.59 Å². The van der Waals surface area contributed by atoms with Crippen molar-refractivity contribution in [1.82, 2.24) is 14.5 Å². The quantitative estimate of drug-likeness (QED) is 0.163. The van der Waals surface area contributed by atoms with Gasteiger partial charge in [0, 0.05) is 50.8 Å². The lowest BCUT2D eigenvalue weighted by Gasteiger charge is -2.26. The van der Waals surface area contributed by atoms with E-state index in [9.17, 15) is 14.7 Å². The number of anilines is 1. The van der Waals surface area contributed by atoms with Gasteiger partial charge in [0.25, 0.3) is 11.7 Å². The first-order valence-electron chi connectivity index (χ1n) is 13.6. The van der Waals surface area contributed by atoms with Crippen LogP contribution in [0.1, 0.15) is 34.7 Å². The number of aromatic nitrogens is 2. The fourth-order valence-electron chi connectivity index (χ4n) is 5.09. The lowest BCUT2D eigenvalue weighted by Crippen LogP contribution is -2.31. The summed E-state index contributed by atoms with van der Waals surface area (Å²) in [4.78, 5) is 34.3. The average Bonchev–Trinajstić information content (AvgIpc) is 3.58. The number of aliphatic hydroxyl groups is 1. The number of amides is 1. The van der Waals surface area contributed by atoms with Gasteiger partial charge in [0.15, 0.2) is 0 Å². The molecule has 1 aliphatic rings. The van der Waals surface area contributed by atoms with E-state index in [0.29, 0.717) is 37.4 Å². The summed E-state index contributed by atoms with van der Waals surface area (Å²) in [7, 11) is 3.90. The van der Waals surface area contributed by atoms with Crippen LogP contribution >= 0.6 is 0 Å². The van der Waals surface area contributed by atoms with E-state index in [-0.39, 0.29) is 11.3 Å². The molecule has 1 saturated heterocycles. The summed E-state index contributed by atoms with van der Waals surface area (Å²) in [5, 5.41) is 11.4. The second-order valence-corrected chi connectivity index (χ2v) is 10.4. The topological polar surface area (TPSA) is 87.9 Å². The third kappa shape index (κ3) is 6.17. The molecule has 0 bridgehead atoms. The van der Waals surface area contributed by atoms with Crippen LogP contribution in [0.2, 0.25) is 0 Å². The highest BCUT2D eigenvalue weighted by Crippen LogP contribution is 2.40. The number of Topliss-reactive ketones (excluding diaryl/α,β-unsaturated/α-hetero) is 1. The summed E-state index contributed by atoms with van der Waals surface area (Å²) in [5.41, 5.74) is 4.51. The van der Waals surface area contributed by atoms with Gasteiger partial charge in [0.05, 0.1) is 17.9 Å². The zero-order valence-electron chi connectivity index (χ0n) is 23.5. The smallest absolute Gasteiger partial charge is 0.295 e. The normalized spacial score (nSPS) is 16.3. The van der Waals surface area contributed by atoms with Crippen molar-refractivity contribution in [2.24, 2.45) is 0 Å². The molecule has 1 amide bonds. The van der Waals surface area contributed by atoms with Gasteiger partial charge in [-0.15, -0.1) is 0 Å². The Balaban J connectivity index is 1.42. The highest BCUT2D eigenvalue weighted by atomic mass is 16.5. The van der Waals surface area contributed by atoms with E-state index in [1.54, 1.807) is 41.7 Å². The van der Waals surface area contributed by atoms with Crippen molar-refractivity contribution in [3.63, 3.8) is 0 Å². The maximum Gasteiger partial charge on any atom is 0.295 e. The first-order chi connectivity index (χ1) is 19.8. The van der Waals surface area contributed by atoms with Crippen molar-refractivity contribution in [3.8, 4) is 5.75 Å². The number of benzene rings is 3. The predicted molar refractivity (Wildman–Crippen MR) is 159 cm³/mol. The number of likely N-dealkylation sites (tertiary alicyclic amines) is 1. The van der Waals surface area contributed by atoms with E-state index in [4.69, 9.17) is 4.74 Å². The maximum atomic E-state index is 13.4. The van der Waals surface area contributed by atoms with E-state index >= 15 is 0 Å². The molecule has 1 atom stereocenters. The Morgan fingerprint density at radius 1 is 1.00 bits per heavy atom. The zero-order chi connectivity index (χ0) is 28.9. The maximum absolute atomic E-state index is 13.4. The molecule has 1 aliphatic heterocycles. The molecule has 8 heteroatoms. The summed E-state index contributed by atoms with van der Waals surface area (Å²) in [6.45, 7) is 3.46. The fraction of sp³-hybridized carbons (Fsp3) is 0.242. The van der Waals surface area contributed by atoms with Gasteiger partial charge >= 0.3 is 0 Å². The van der Waals surface area contributed by atoms with Crippen molar-refractivity contribution in [2.45, 2.75) is 32.5 Å². The first-order valence-corrected chi connectivity index (χ1v) is 13.6. The summed E-state index contributed by atoms with van der Waals surface area (Å²) < 4.78 is 7.85. The number of hydrogen-bond acceptors (Lipinski definition) is 6. The number of ether oxygens (including phenoxy) is 1. The van der Waals surface area contributed by atoms with Gasteiger partial charge in [-0.1, -0.05) is 42.0 Å². The Morgan fingerprint density at radius 3 is 2.41 bits per heavy atom. The predicted octanol–water partition coefficient (Wildman–Crippen LogP) is 5.35. The molecule has 1 aromatic heterocycles. The van der Waals surface area contributed by atoms with Crippen LogP contribution in [-0.4, -0.2) is 51.9 Å². The number of ketones is 1. The Bertz CT molecular complexity index is 1540. The molecule has 5 rings (SSSR count). The minimum atomic E-state index is -0.703. The number of carbonyl (C=O) groups excluding carboxylic acids is 2. The lowest BCUT2D eigenvalue weighted by atomic mass is 9.95. The molecule has 1 fully saturated rings. The fourth-order valence-corrected chi connectivity index (χ4v) is 5.09. The number of hydrogen-bond donors (Lipinski definition) is 1. The van der Waals surface area contributed by atoms with Gasteiger partial charge in [0.2, 0.25) is 0 Å². The minimum Gasteiger partial charge on any atom is -0.507 e. The molecule has 0 radical (unpaired) electrons. The van der Waals surface area contributed by atoms with Gasteiger partial charge in [-0.05, 0) is 60.9 Å².